The van der Waals surface area contributed by atoms with Crippen LogP contribution < -0.4 is 4.90 Å². The maximum absolute atomic E-state index is 14.9. The van der Waals surface area contributed by atoms with E-state index >= 15 is 0 Å². The summed E-state index contributed by atoms with van der Waals surface area (Å²) < 4.78 is 14.9. The maximum atomic E-state index is 14.9. The second kappa shape index (κ2) is 6.49. The first-order valence-corrected chi connectivity index (χ1v) is 9.44. The molecule has 0 amide bonds. The number of anilines is 1. The van der Waals surface area contributed by atoms with E-state index in [9.17, 15) is 9.65 Å². The van der Waals surface area contributed by atoms with E-state index in [1.165, 1.54) is 0 Å². The number of para-hydroxylation sites is 2. The van der Waals surface area contributed by atoms with E-state index < -0.39 is 0 Å². The number of halogens is 1. The van der Waals surface area contributed by atoms with E-state index in [-0.39, 0.29) is 11.4 Å². The third-order valence-corrected chi connectivity index (χ3v) is 5.82. The van der Waals surface area contributed by atoms with Gasteiger partial charge in [-0.05, 0) is 62.1 Å². The van der Waals surface area contributed by atoms with Crippen molar-refractivity contribution in [2.24, 2.45) is 0 Å². The van der Waals surface area contributed by atoms with Crippen LogP contribution in [0.5, 0.6) is 0 Å². The molecule has 0 bridgehead atoms. The summed E-state index contributed by atoms with van der Waals surface area (Å²) in [6.07, 6.45) is 2.57. The molecule has 0 radical (unpaired) electrons. The van der Waals surface area contributed by atoms with Crippen LogP contribution in [0.15, 0.2) is 36.4 Å². The van der Waals surface area contributed by atoms with Crippen molar-refractivity contribution in [2.75, 3.05) is 11.9 Å². The first kappa shape index (κ1) is 18.2. The molecule has 4 nitrogen and oxygen atoms in total. The minimum Gasteiger partial charge on any atom is -0.369 e. The molecule has 4 rings (SSSR count). The van der Waals surface area contributed by atoms with Crippen LogP contribution in [0.3, 0.4) is 0 Å². The number of nitrogens with one attached hydrogen (secondary N) is 1. The Morgan fingerprint density at radius 1 is 1.36 bits per heavy atom. The molecular weight excluding hydrogens is 351 g/mol. The summed E-state index contributed by atoms with van der Waals surface area (Å²) in [6.45, 7) is 6.52. The van der Waals surface area contributed by atoms with Gasteiger partial charge in [-0.1, -0.05) is 19.1 Å². The first-order chi connectivity index (χ1) is 13.3. The summed E-state index contributed by atoms with van der Waals surface area (Å²) >= 11 is 0. The van der Waals surface area contributed by atoms with Gasteiger partial charge >= 0.3 is 0 Å². The van der Waals surface area contributed by atoms with Crippen LogP contribution in [-0.4, -0.2) is 22.6 Å². The lowest BCUT2D eigenvalue weighted by molar-refractivity contribution is 0.394. The van der Waals surface area contributed by atoms with Gasteiger partial charge in [0.1, 0.15) is 17.7 Å². The molecular formula is C23H23FN4. The largest absolute Gasteiger partial charge is 0.369 e. The lowest BCUT2D eigenvalue weighted by Gasteiger charge is -2.45. The Labute approximate surface area is 164 Å². The Bertz CT molecular complexity index is 1100. The predicted molar refractivity (Wildman–Crippen MR) is 111 cm³/mol. The molecule has 5 heteroatoms. The molecule has 0 saturated heterocycles. The van der Waals surface area contributed by atoms with Crippen molar-refractivity contribution in [1.82, 2.24) is 9.97 Å². The van der Waals surface area contributed by atoms with E-state index in [0.29, 0.717) is 22.9 Å². The standard InChI is InChI=1S/C23H23FN4/c1-14-12-23(2,3)28(4)21-11-18(24)15(10-17(14)21)9-16(13-25)22-26-19-7-5-6-8-20(19)27-22/h5-11,14H,12H2,1-4H3,(H,26,27)/b16-9+. The minimum absolute atomic E-state index is 0.0255. The third kappa shape index (κ3) is 2.95. The predicted octanol–water partition coefficient (Wildman–Crippen LogP) is 5.49. The van der Waals surface area contributed by atoms with Crippen molar-refractivity contribution >= 4 is 28.4 Å². The molecule has 2 heterocycles. The van der Waals surface area contributed by atoms with Gasteiger partial charge in [0.25, 0.3) is 0 Å². The molecule has 1 aromatic heterocycles. The van der Waals surface area contributed by atoms with Gasteiger partial charge < -0.3 is 9.88 Å². The summed E-state index contributed by atoms with van der Waals surface area (Å²) in [6, 6.07) is 13.2. The molecule has 0 aliphatic carbocycles. The number of fused-ring (bicyclic) bond motifs is 2. The number of imidazole rings is 1. The Hall–Kier alpha value is -3.13. The van der Waals surface area contributed by atoms with E-state index in [0.717, 1.165) is 28.7 Å². The Kier molecular flexibility index (Phi) is 4.23. The van der Waals surface area contributed by atoms with Crippen molar-refractivity contribution in [2.45, 2.75) is 38.6 Å². The molecule has 1 aliphatic rings. The number of nitrogens with zero attached hydrogens (tertiary/aromatic N) is 3. The van der Waals surface area contributed by atoms with Crippen molar-refractivity contribution in [3.63, 3.8) is 0 Å². The Morgan fingerprint density at radius 2 is 2.11 bits per heavy atom. The number of allylic oxidation sites excluding steroid dienone is 1. The molecule has 142 valence electrons. The molecule has 28 heavy (non-hydrogen) atoms. The molecule has 1 atom stereocenters. The smallest absolute Gasteiger partial charge is 0.149 e. The molecule has 0 spiro atoms. The van der Waals surface area contributed by atoms with Crippen LogP contribution in [-0.2, 0) is 0 Å². The van der Waals surface area contributed by atoms with E-state index in [4.69, 9.17) is 0 Å². The van der Waals surface area contributed by atoms with Crippen LogP contribution in [0.4, 0.5) is 10.1 Å². The highest BCUT2D eigenvalue weighted by Crippen LogP contribution is 2.43. The monoisotopic (exact) mass is 374 g/mol. The topological polar surface area (TPSA) is 55.7 Å². The highest BCUT2D eigenvalue weighted by molar-refractivity contribution is 5.90. The number of rotatable bonds is 2. The quantitative estimate of drug-likeness (QED) is 0.604. The number of hydrogen-bond acceptors (Lipinski definition) is 3. The zero-order chi connectivity index (χ0) is 20.1. The number of hydrogen-bond donors (Lipinski definition) is 1. The molecule has 2 aromatic carbocycles. The fourth-order valence-corrected chi connectivity index (χ4v) is 4.10. The summed E-state index contributed by atoms with van der Waals surface area (Å²) in [5.41, 5.74) is 4.35. The Morgan fingerprint density at radius 3 is 2.82 bits per heavy atom. The summed E-state index contributed by atoms with van der Waals surface area (Å²) in [5, 5.41) is 9.65. The molecule has 3 aromatic rings. The van der Waals surface area contributed by atoms with Crippen LogP contribution in [0.2, 0.25) is 0 Å². The van der Waals surface area contributed by atoms with Crippen molar-refractivity contribution in [3.8, 4) is 6.07 Å². The molecule has 0 saturated carbocycles. The zero-order valence-electron chi connectivity index (χ0n) is 16.5. The second-order valence-corrected chi connectivity index (χ2v) is 8.18. The first-order valence-electron chi connectivity index (χ1n) is 9.44. The normalized spacial score (nSPS) is 18.8. The van der Waals surface area contributed by atoms with Gasteiger partial charge in [0.05, 0.1) is 16.6 Å². The van der Waals surface area contributed by atoms with Gasteiger partial charge in [0, 0.05) is 23.8 Å². The summed E-state index contributed by atoms with van der Waals surface area (Å²) in [4.78, 5) is 9.75. The SMILES string of the molecule is CC1CC(C)(C)N(C)c2cc(F)c(/C=C(\C#N)c3nc4ccccc4[nH]3)cc21. The maximum Gasteiger partial charge on any atom is 0.149 e. The highest BCUT2D eigenvalue weighted by atomic mass is 19.1. The minimum atomic E-state index is -0.334. The van der Waals surface area contributed by atoms with Crippen LogP contribution in [0.1, 0.15) is 50.1 Å². The van der Waals surface area contributed by atoms with Gasteiger partial charge in [-0.2, -0.15) is 5.26 Å². The van der Waals surface area contributed by atoms with Crippen molar-refractivity contribution in [3.05, 3.63) is 59.2 Å². The molecule has 0 fully saturated rings. The van der Waals surface area contributed by atoms with E-state index in [1.807, 2.05) is 37.4 Å². The fraction of sp³-hybridized carbons (Fsp3) is 0.304. The lowest BCUT2D eigenvalue weighted by atomic mass is 9.80. The van der Waals surface area contributed by atoms with E-state index in [1.54, 1.807) is 12.1 Å². The Balaban J connectivity index is 1.81. The number of H-pyrrole nitrogens is 1. The van der Waals surface area contributed by atoms with E-state index in [2.05, 4.69) is 41.7 Å². The lowest BCUT2D eigenvalue weighted by Crippen LogP contribution is -2.45. The van der Waals surface area contributed by atoms with Gasteiger partial charge in [-0.25, -0.2) is 9.37 Å². The summed E-state index contributed by atoms with van der Waals surface area (Å²) in [5.74, 6) is 0.428. The van der Waals surface area contributed by atoms with Gasteiger partial charge in [-0.3, -0.25) is 0 Å². The van der Waals surface area contributed by atoms with Crippen LogP contribution >= 0.6 is 0 Å². The van der Waals surface area contributed by atoms with Crippen molar-refractivity contribution in [1.29, 1.82) is 5.26 Å². The van der Waals surface area contributed by atoms with Crippen LogP contribution in [0.25, 0.3) is 22.7 Å². The van der Waals surface area contributed by atoms with Gasteiger partial charge in [0.15, 0.2) is 0 Å². The summed E-state index contributed by atoms with van der Waals surface area (Å²) in [7, 11) is 2.01. The van der Waals surface area contributed by atoms with Gasteiger partial charge in [-0.15, -0.1) is 0 Å². The number of nitriles is 1. The highest BCUT2D eigenvalue weighted by Gasteiger charge is 2.34. The second-order valence-electron chi connectivity index (χ2n) is 8.18. The molecule has 1 N–H and O–H groups in total. The third-order valence-electron chi connectivity index (χ3n) is 5.82. The fourth-order valence-electron chi connectivity index (χ4n) is 4.10. The van der Waals surface area contributed by atoms with Crippen LogP contribution in [0, 0.1) is 17.1 Å². The zero-order valence-corrected chi connectivity index (χ0v) is 16.5. The number of aromatic amines is 1. The average molecular weight is 374 g/mol. The molecule has 1 aliphatic heterocycles. The molecule has 1 unspecified atom stereocenters. The van der Waals surface area contributed by atoms with Gasteiger partial charge in [0.2, 0.25) is 0 Å². The average Bonchev–Trinajstić information content (AvgIpc) is 3.08. The number of benzene rings is 2. The van der Waals surface area contributed by atoms with Crippen molar-refractivity contribution < 1.29 is 4.39 Å². The number of aromatic nitrogens is 2.